The van der Waals surface area contributed by atoms with Crippen LogP contribution in [0.25, 0.3) is 0 Å². The van der Waals surface area contributed by atoms with E-state index in [0.717, 1.165) is 0 Å². The van der Waals surface area contributed by atoms with Gasteiger partial charge in [0.2, 0.25) is 5.91 Å². The monoisotopic (exact) mass is 249 g/mol. The number of carbonyl (C=O) groups excluding carboxylic acids is 1. The van der Waals surface area contributed by atoms with Crippen molar-refractivity contribution in [3.63, 3.8) is 0 Å². The fourth-order valence-electron chi connectivity index (χ4n) is 1.53. The molecule has 2 N–H and O–H groups in total. The highest BCUT2D eigenvalue weighted by atomic mass is 32.2. The number of amides is 1. The van der Waals surface area contributed by atoms with Crippen LogP contribution in [0.2, 0.25) is 0 Å². The van der Waals surface area contributed by atoms with Gasteiger partial charge >= 0.3 is 0 Å². The minimum Gasteiger partial charge on any atom is -0.391 e. The van der Waals surface area contributed by atoms with Gasteiger partial charge < -0.3 is 10.4 Å². The molecule has 6 heteroatoms. The van der Waals surface area contributed by atoms with E-state index in [-0.39, 0.29) is 17.4 Å². The number of aliphatic hydroxyl groups is 1. The molecule has 1 rings (SSSR count). The smallest absolute Gasteiger partial charge is 0.224 e. The van der Waals surface area contributed by atoms with E-state index in [9.17, 15) is 18.3 Å². The van der Waals surface area contributed by atoms with Crippen LogP contribution in [0.5, 0.6) is 0 Å². The van der Waals surface area contributed by atoms with Gasteiger partial charge in [-0.15, -0.1) is 0 Å². The summed E-state index contributed by atoms with van der Waals surface area (Å²) in [5.41, 5.74) is -0.733. The molecule has 0 bridgehead atoms. The van der Waals surface area contributed by atoms with E-state index in [1.807, 2.05) is 0 Å². The Bertz CT molecular complexity index is 372. The van der Waals surface area contributed by atoms with Crippen molar-refractivity contribution < 1.29 is 18.3 Å². The molecule has 0 radical (unpaired) electrons. The average molecular weight is 249 g/mol. The number of hydrogen-bond donors (Lipinski definition) is 2. The van der Waals surface area contributed by atoms with Gasteiger partial charge in [0.15, 0.2) is 9.84 Å². The van der Waals surface area contributed by atoms with Crippen LogP contribution in [0.15, 0.2) is 0 Å². The maximum Gasteiger partial charge on any atom is 0.224 e. The van der Waals surface area contributed by atoms with E-state index >= 15 is 0 Å². The van der Waals surface area contributed by atoms with Crippen LogP contribution in [0.3, 0.4) is 0 Å². The summed E-state index contributed by atoms with van der Waals surface area (Å²) >= 11 is 0. The van der Waals surface area contributed by atoms with Crippen molar-refractivity contribution in [2.24, 2.45) is 5.92 Å². The summed E-state index contributed by atoms with van der Waals surface area (Å²) in [6.45, 7) is 5.00. The Hall–Kier alpha value is -0.620. The van der Waals surface area contributed by atoms with E-state index in [1.54, 1.807) is 20.8 Å². The Morgan fingerprint density at radius 2 is 2.06 bits per heavy atom. The van der Waals surface area contributed by atoms with Crippen LogP contribution < -0.4 is 5.32 Å². The fraction of sp³-hybridized carbons (Fsp3) is 0.900. The van der Waals surface area contributed by atoms with Gasteiger partial charge in [0.05, 0.1) is 29.1 Å². The quantitative estimate of drug-likeness (QED) is 0.719. The van der Waals surface area contributed by atoms with Crippen LogP contribution >= 0.6 is 0 Å². The van der Waals surface area contributed by atoms with Crippen molar-refractivity contribution >= 4 is 15.7 Å². The molecule has 5 nitrogen and oxygen atoms in total. The maximum absolute atomic E-state index is 11.8. The molecule has 16 heavy (non-hydrogen) atoms. The number of carbonyl (C=O) groups is 1. The topological polar surface area (TPSA) is 83.5 Å². The predicted molar refractivity (Wildman–Crippen MR) is 60.7 cm³/mol. The first-order chi connectivity index (χ1) is 7.14. The molecule has 94 valence electrons. The lowest BCUT2D eigenvalue weighted by atomic mass is 9.97. The summed E-state index contributed by atoms with van der Waals surface area (Å²) in [4.78, 5) is 11.8. The van der Waals surface area contributed by atoms with Crippen molar-refractivity contribution in [2.75, 3.05) is 11.5 Å². The van der Waals surface area contributed by atoms with E-state index < -0.39 is 27.4 Å². The molecule has 0 aromatic rings. The van der Waals surface area contributed by atoms with Gasteiger partial charge in [0.25, 0.3) is 0 Å². The number of aliphatic hydroxyl groups excluding tert-OH is 1. The summed E-state index contributed by atoms with van der Waals surface area (Å²) in [6, 6.07) is 0. The van der Waals surface area contributed by atoms with Crippen LogP contribution in [-0.4, -0.2) is 42.6 Å². The van der Waals surface area contributed by atoms with E-state index in [0.29, 0.717) is 6.42 Å². The third-order valence-electron chi connectivity index (χ3n) is 3.09. The van der Waals surface area contributed by atoms with Gasteiger partial charge in [-0.1, -0.05) is 0 Å². The number of nitrogens with one attached hydrogen (secondary N) is 1. The highest BCUT2D eigenvalue weighted by molar-refractivity contribution is 7.91. The average Bonchev–Trinajstić information content (AvgIpc) is 2.45. The Kier molecular flexibility index (Phi) is 3.64. The first-order valence-corrected chi connectivity index (χ1v) is 7.17. The van der Waals surface area contributed by atoms with Crippen molar-refractivity contribution in [1.29, 1.82) is 0 Å². The predicted octanol–water partition coefficient (Wildman–Crippen LogP) is -0.303. The summed E-state index contributed by atoms with van der Waals surface area (Å²) < 4.78 is 22.4. The lowest BCUT2D eigenvalue weighted by molar-refractivity contribution is -0.127. The molecule has 1 aliphatic heterocycles. The fourth-order valence-corrected chi connectivity index (χ4v) is 3.27. The van der Waals surface area contributed by atoms with Crippen molar-refractivity contribution in [3.05, 3.63) is 0 Å². The Balaban J connectivity index is 2.61. The SMILES string of the molecule is CC(O)C(C)(C)NC(=O)C1CCS(=O)(=O)C1. The second kappa shape index (κ2) is 4.33. The van der Waals surface area contributed by atoms with Gasteiger partial charge in [0.1, 0.15) is 0 Å². The zero-order chi connectivity index (χ0) is 12.6. The van der Waals surface area contributed by atoms with Crippen molar-refractivity contribution in [3.8, 4) is 0 Å². The lowest BCUT2D eigenvalue weighted by Gasteiger charge is -2.30. The highest BCUT2D eigenvalue weighted by Gasteiger charge is 2.36. The normalized spacial score (nSPS) is 26.4. The Labute approximate surface area is 96.1 Å². The Morgan fingerprint density at radius 1 is 1.50 bits per heavy atom. The third-order valence-corrected chi connectivity index (χ3v) is 4.86. The summed E-state index contributed by atoms with van der Waals surface area (Å²) in [5.74, 6) is -0.746. The second-order valence-electron chi connectivity index (χ2n) is 4.99. The summed E-state index contributed by atoms with van der Waals surface area (Å²) in [5, 5.41) is 12.1. The largest absolute Gasteiger partial charge is 0.391 e. The molecule has 0 aromatic carbocycles. The zero-order valence-electron chi connectivity index (χ0n) is 9.86. The molecule has 0 aliphatic carbocycles. The van der Waals surface area contributed by atoms with E-state index in [1.165, 1.54) is 0 Å². The molecule has 1 fully saturated rings. The number of sulfone groups is 1. The van der Waals surface area contributed by atoms with Gasteiger partial charge in [-0.3, -0.25) is 4.79 Å². The molecule has 1 amide bonds. The van der Waals surface area contributed by atoms with E-state index in [2.05, 4.69) is 5.32 Å². The van der Waals surface area contributed by atoms with Crippen LogP contribution in [0.1, 0.15) is 27.2 Å². The first kappa shape index (κ1) is 13.4. The van der Waals surface area contributed by atoms with Crippen LogP contribution in [0.4, 0.5) is 0 Å². The molecule has 0 saturated carbocycles. The minimum absolute atomic E-state index is 0.0747. The first-order valence-electron chi connectivity index (χ1n) is 5.34. The molecule has 1 aliphatic rings. The van der Waals surface area contributed by atoms with Gasteiger partial charge in [-0.05, 0) is 27.2 Å². The third kappa shape index (κ3) is 3.18. The van der Waals surface area contributed by atoms with Gasteiger partial charge in [-0.2, -0.15) is 0 Å². The standard InChI is InChI=1S/C10H19NO4S/c1-7(12)10(2,3)11-9(13)8-4-5-16(14,15)6-8/h7-8,12H,4-6H2,1-3H3,(H,11,13). The molecule has 1 heterocycles. The Morgan fingerprint density at radius 3 is 2.44 bits per heavy atom. The van der Waals surface area contributed by atoms with Crippen molar-refractivity contribution in [1.82, 2.24) is 5.32 Å². The lowest BCUT2D eigenvalue weighted by Crippen LogP contribution is -2.52. The molecule has 2 unspecified atom stereocenters. The van der Waals surface area contributed by atoms with Crippen LogP contribution in [-0.2, 0) is 14.6 Å². The summed E-state index contributed by atoms with van der Waals surface area (Å²) in [6.07, 6.45) is -0.307. The highest BCUT2D eigenvalue weighted by Crippen LogP contribution is 2.20. The number of rotatable bonds is 3. The molecule has 0 spiro atoms. The molecule has 1 saturated heterocycles. The van der Waals surface area contributed by atoms with Crippen molar-refractivity contribution in [2.45, 2.75) is 38.8 Å². The molecular formula is C10H19NO4S. The zero-order valence-corrected chi connectivity index (χ0v) is 10.7. The number of hydrogen-bond acceptors (Lipinski definition) is 4. The minimum atomic E-state index is -3.04. The van der Waals surface area contributed by atoms with Gasteiger partial charge in [0, 0.05) is 0 Å². The van der Waals surface area contributed by atoms with E-state index in [4.69, 9.17) is 0 Å². The summed E-state index contributed by atoms with van der Waals surface area (Å²) in [7, 11) is -3.04. The molecular weight excluding hydrogens is 230 g/mol. The maximum atomic E-state index is 11.8. The molecule has 0 aromatic heterocycles. The molecule has 2 atom stereocenters. The van der Waals surface area contributed by atoms with Gasteiger partial charge in [-0.25, -0.2) is 8.42 Å². The second-order valence-corrected chi connectivity index (χ2v) is 7.22. The van der Waals surface area contributed by atoms with Crippen LogP contribution in [0, 0.1) is 5.92 Å².